The van der Waals surface area contributed by atoms with Gasteiger partial charge < -0.3 is 10.1 Å². The summed E-state index contributed by atoms with van der Waals surface area (Å²) in [5.74, 6) is 2.18. The molecular weight excluding hydrogens is 222 g/mol. The number of hydrogen-bond acceptors (Lipinski definition) is 2. The predicted molar refractivity (Wildman–Crippen MR) is 75.7 cm³/mol. The first kappa shape index (κ1) is 13.6. The normalized spacial score (nSPS) is 25.9. The highest BCUT2D eigenvalue weighted by Crippen LogP contribution is 2.29. The van der Waals surface area contributed by atoms with E-state index in [9.17, 15) is 0 Å². The van der Waals surface area contributed by atoms with Gasteiger partial charge in [0.1, 0.15) is 0 Å². The fourth-order valence-electron chi connectivity index (χ4n) is 3.22. The SMILES string of the molecule is COCC(C)C1CCNCC1Cc1ccccc1. The van der Waals surface area contributed by atoms with E-state index in [0.717, 1.165) is 31.5 Å². The van der Waals surface area contributed by atoms with E-state index in [1.807, 2.05) is 7.11 Å². The number of rotatable bonds is 5. The largest absolute Gasteiger partial charge is 0.384 e. The highest BCUT2D eigenvalue weighted by Gasteiger charge is 2.29. The summed E-state index contributed by atoms with van der Waals surface area (Å²) in [6, 6.07) is 10.9. The molecule has 0 radical (unpaired) electrons. The van der Waals surface area contributed by atoms with Crippen molar-refractivity contribution >= 4 is 0 Å². The molecule has 2 nitrogen and oxygen atoms in total. The standard InChI is InChI=1S/C16H25NO/c1-13(12-18-2)16-8-9-17-11-15(16)10-14-6-4-3-5-7-14/h3-7,13,15-17H,8-12H2,1-2H3. The van der Waals surface area contributed by atoms with Crippen LogP contribution in [0.25, 0.3) is 0 Å². The van der Waals surface area contributed by atoms with E-state index in [4.69, 9.17) is 4.74 Å². The van der Waals surface area contributed by atoms with Crippen molar-refractivity contribution in [3.63, 3.8) is 0 Å². The Labute approximate surface area is 111 Å². The van der Waals surface area contributed by atoms with Crippen molar-refractivity contribution in [3.8, 4) is 0 Å². The number of ether oxygens (including phenoxy) is 1. The highest BCUT2D eigenvalue weighted by molar-refractivity contribution is 5.15. The molecule has 3 unspecified atom stereocenters. The maximum atomic E-state index is 5.33. The van der Waals surface area contributed by atoms with Crippen molar-refractivity contribution in [3.05, 3.63) is 35.9 Å². The Bertz CT molecular complexity index is 338. The van der Waals surface area contributed by atoms with Crippen LogP contribution in [0.15, 0.2) is 30.3 Å². The van der Waals surface area contributed by atoms with Crippen molar-refractivity contribution in [1.29, 1.82) is 0 Å². The summed E-state index contributed by atoms with van der Waals surface area (Å²) in [5, 5.41) is 3.54. The topological polar surface area (TPSA) is 21.3 Å². The van der Waals surface area contributed by atoms with E-state index >= 15 is 0 Å². The third-order valence-corrected chi connectivity index (χ3v) is 4.17. The first-order chi connectivity index (χ1) is 8.81. The van der Waals surface area contributed by atoms with Crippen LogP contribution in [0, 0.1) is 17.8 Å². The van der Waals surface area contributed by atoms with E-state index in [2.05, 4.69) is 42.6 Å². The molecule has 2 heteroatoms. The van der Waals surface area contributed by atoms with Crippen molar-refractivity contribution in [1.82, 2.24) is 5.32 Å². The number of nitrogens with one attached hydrogen (secondary N) is 1. The van der Waals surface area contributed by atoms with Gasteiger partial charge in [-0.3, -0.25) is 0 Å². The molecule has 1 saturated heterocycles. The second-order valence-corrected chi connectivity index (χ2v) is 5.54. The van der Waals surface area contributed by atoms with Crippen LogP contribution < -0.4 is 5.32 Å². The number of methoxy groups -OCH3 is 1. The van der Waals surface area contributed by atoms with E-state index in [1.54, 1.807) is 0 Å². The lowest BCUT2D eigenvalue weighted by atomic mass is 9.75. The van der Waals surface area contributed by atoms with Crippen molar-refractivity contribution in [2.24, 2.45) is 17.8 Å². The van der Waals surface area contributed by atoms with Gasteiger partial charge in [-0.2, -0.15) is 0 Å². The van der Waals surface area contributed by atoms with Crippen LogP contribution in [-0.4, -0.2) is 26.8 Å². The Kier molecular flexibility index (Phi) is 5.21. The van der Waals surface area contributed by atoms with Crippen LogP contribution in [-0.2, 0) is 11.2 Å². The van der Waals surface area contributed by atoms with E-state index < -0.39 is 0 Å². The Balaban J connectivity index is 1.99. The summed E-state index contributed by atoms with van der Waals surface area (Å²) in [7, 11) is 1.81. The van der Waals surface area contributed by atoms with E-state index in [1.165, 1.54) is 18.4 Å². The molecule has 0 aromatic heterocycles. The Morgan fingerprint density at radius 2 is 2.11 bits per heavy atom. The second kappa shape index (κ2) is 6.91. The van der Waals surface area contributed by atoms with Crippen LogP contribution in [0.2, 0.25) is 0 Å². The van der Waals surface area contributed by atoms with Gasteiger partial charge >= 0.3 is 0 Å². The quantitative estimate of drug-likeness (QED) is 0.864. The molecule has 2 rings (SSSR count). The Hall–Kier alpha value is -0.860. The van der Waals surface area contributed by atoms with E-state index in [0.29, 0.717) is 5.92 Å². The Morgan fingerprint density at radius 3 is 2.83 bits per heavy atom. The maximum Gasteiger partial charge on any atom is 0.0490 e. The molecule has 1 N–H and O–H groups in total. The predicted octanol–water partition coefficient (Wildman–Crippen LogP) is 2.74. The van der Waals surface area contributed by atoms with Gasteiger partial charge in [0.15, 0.2) is 0 Å². The maximum absolute atomic E-state index is 5.33. The van der Waals surface area contributed by atoms with E-state index in [-0.39, 0.29) is 0 Å². The molecule has 0 bridgehead atoms. The third kappa shape index (κ3) is 3.56. The van der Waals surface area contributed by atoms with Gasteiger partial charge in [0.2, 0.25) is 0 Å². The lowest BCUT2D eigenvalue weighted by Crippen LogP contribution is -2.41. The summed E-state index contributed by atoms with van der Waals surface area (Å²) in [6.45, 7) is 5.52. The summed E-state index contributed by atoms with van der Waals surface area (Å²) in [6.07, 6.45) is 2.47. The number of benzene rings is 1. The molecule has 1 heterocycles. The number of hydrogen-bond donors (Lipinski definition) is 1. The molecule has 0 amide bonds. The summed E-state index contributed by atoms with van der Waals surface area (Å²) >= 11 is 0. The lowest BCUT2D eigenvalue weighted by molar-refractivity contribution is 0.0894. The van der Waals surface area contributed by atoms with Crippen molar-refractivity contribution in [2.75, 3.05) is 26.8 Å². The molecular formula is C16H25NO. The summed E-state index contributed by atoms with van der Waals surface area (Å²) in [4.78, 5) is 0. The molecule has 0 saturated carbocycles. The zero-order chi connectivity index (χ0) is 12.8. The molecule has 1 aliphatic heterocycles. The molecule has 1 aromatic rings. The fourth-order valence-corrected chi connectivity index (χ4v) is 3.22. The smallest absolute Gasteiger partial charge is 0.0490 e. The average molecular weight is 247 g/mol. The molecule has 1 aromatic carbocycles. The summed E-state index contributed by atoms with van der Waals surface area (Å²) in [5.41, 5.74) is 1.46. The minimum atomic E-state index is 0.658. The molecule has 1 aliphatic rings. The van der Waals surface area contributed by atoms with Gasteiger partial charge in [-0.1, -0.05) is 37.3 Å². The third-order valence-electron chi connectivity index (χ3n) is 4.17. The minimum absolute atomic E-state index is 0.658. The molecule has 18 heavy (non-hydrogen) atoms. The van der Waals surface area contributed by atoms with Gasteiger partial charge in [-0.25, -0.2) is 0 Å². The first-order valence-corrected chi connectivity index (χ1v) is 7.05. The molecule has 1 fully saturated rings. The van der Waals surface area contributed by atoms with Crippen LogP contribution in [0.1, 0.15) is 18.9 Å². The lowest BCUT2D eigenvalue weighted by Gasteiger charge is -2.36. The van der Waals surface area contributed by atoms with Gasteiger partial charge in [0, 0.05) is 13.7 Å². The molecule has 100 valence electrons. The minimum Gasteiger partial charge on any atom is -0.384 e. The fraction of sp³-hybridized carbons (Fsp3) is 0.625. The van der Waals surface area contributed by atoms with Crippen LogP contribution >= 0.6 is 0 Å². The van der Waals surface area contributed by atoms with Crippen LogP contribution in [0.3, 0.4) is 0 Å². The summed E-state index contributed by atoms with van der Waals surface area (Å²) < 4.78 is 5.33. The zero-order valence-electron chi connectivity index (χ0n) is 11.6. The van der Waals surface area contributed by atoms with Gasteiger partial charge in [-0.15, -0.1) is 0 Å². The van der Waals surface area contributed by atoms with Gasteiger partial charge in [-0.05, 0) is 49.2 Å². The second-order valence-electron chi connectivity index (χ2n) is 5.54. The van der Waals surface area contributed by atoms with Crippen LogP contribution in [0.4, 0.5) is 0 Å². The monoisotopic (exact) mass is 247 g/mol. The number of piperidine rings is 1. The average Bonchev–Trinajstić information content (AvgIpc) is 2.41. The first-order valence-electron chi connectivity index (χ1n) is 7.05. The zero-order valence-corrected chi connectivity index (χ0v) is 11.6. The van der Waals surface area contributed by atoms with Crippen LogP contribution in [0.5, 0.6) is 0 Å². The Morgan fingerprint density at radius 1 is 1.33 bits per heavy atom. The molecule has 0 aliphatic carbocycles. The highest BCUT2D eigenvalue weighted by atomic mass is 16.5. The van der Waals surface area contributed by atoms with Gasteiger partial charge in [0.05, 0.1) is 0 Å². The van der Waals surface area contributed by atoms with Crippen molar-refractivity contribution < 1.29 is 4.74 Å². The molecule has 0 spiro atoms. The van der Waals surface area contributed by atoms with Crippen molar-refractivity contribution in [2.45, 2.75) is 19.8 Å². The van der Waals surface area contributed by atoms with Gasteiger partial charge in [0.25, 0.3) is 0 Å². The molecule has 3 atom stereocenters.